The smallest absolute Gasteiger partial charge is 0.00789 e. The Labute approximate surface area is 114 Å². The van der Waals surface area contributed by atoms with Crippen LogP contribution in [0.1, 0.15) is 60.8 Å². The van der Waals surface area contributed by atoms with E-state index in [0.29, 0.717) is 11.5 Å². The Kier molecular flexibility index (Phi) is 3.92. The molecule has 0 N–H and O–H groups in total. The first-order valence-electron chi connectivity index (χ1n) is 7.85. The molecule has 1 aliphatic carbocycles. The summed E-state index contributed by atoms with van der Waals surface area (Å²) in [5.41, 5.74) is 4.16. The van der Waals surface area contributed by atoms with Crippen molar-refractivity contribution >= 4 is 0 Å². The van der Waals surface area contributed by atoms with Crippen LogP contribution in [0.25, 0.3) is 0 Å². The molecule has 0 aromatic rings. The van der Waals surface area contributed by atoms with Crippen LogP contribution < -0.4 is 0 Å². The van der Waals surface area contributed by atoms with Crippen molar-refractivity contribution in [3.05, 3.63) is 11.1 Å². The predicted molar refractivity (Wildman–Crippen MR) is 79.7 cm³/mol. The second-order valence-corrected chi connectivity index (χ2v) is 7.34. The highest BCUT2D eigenvalue weighted by atomic mass is 15.2. The van der Waals surface area contributed by atoms with Crippen LogP contribution in [0, 0.1) is 17.3 Å². The van der Waals surface area contributed by atoms with Gasteiger partial charge in [-0.25, -0.2) is 0 Å². The molecule has 1 spiro atoms. The summed E-state index contributed by atoms with van der Waals surface area (Å²) in [6, 6.07) is 0.709. The minimum absolute atomic E-state index is 0.540. The fourth-order valence-corrected chi connectivity index (χ4v) is 4.34. The fraction of sp³-hybridized carbons (Fsp3) is 0.882. The van der Waals surface area contributed by atoms with Crippen molar-refractivity contribution in [3.8, 4) is 0 Å². The molecular weight excluding hydrogens is 218 g/mol. The lowest BCUT2D eigenvalue weighted by atomic mass is 9.74. The topological polar surface area (TPSA) is 3.24 Å². The highest BCUT2D eigenvalue weighted by Gasteiger charge is 2.46. The van der Waals surface area contributed by atoms with Crippen LogP contribution in [0.15, 0.2) is 11.1 Å². The van der Waals surface area contributed by atoms with E-state index in [9.17, 15) is 0 Å². The zero-order chi connectivity index (χ0) is 13.5. The number of hydrogen-bond acceptors (Lipinski definition) is 1. The van der Waals surface area contributed by atoms with Crippen molar-refractivity contribution in [2.75, 3.05) is 13.1 Å². The van der Waals surface area contributed by atoms with Gasteiger partial charge in [0.2, 0.25) is 0 Å². The van der Waals surface area contributed by atoms with Gasteiger partial charge in [-0.2, -0.15) is 0 Å². The highest BCUT2D eigenvalue weighted by molar-refractivity contribution is 5.33. The van der Waals surface area contributed by atoms with Crippen molar-refractivity contribution in [2.24, 2.45) is 17.3 Å². The number of likely N-dealkylation sites (tertiary alicyclic amines) is 1. The highest BCUT2D eigenvalue weighted by Crippen LogP contribution is 2.53. The summed E-state index contributed by atoms with van der Waals surface area (Å²) < 4.78 is 0. The summed E-state index contributed by atoms with van der Waals surface area (Å²) in [7, 11) is 0. The van der Waals surface area contributed by atoms with Gasteiger partial charge in [0.05, 0.1) is 0 Å². The molecule has 0 radical (unpaired) electrons. The monoisotopic (exact) mass is 249 g/mol. The predicted octanol–water partition coefficient (Wildman–Crippen LogP) is 4.49. The Morgan fingerprint density at radius 2 is 1.61 bits per heavy atom. The van der Waals surface area contributed by atoms with E-state index in [1.807, 2.05) is 5.57 Å². The fourth-order valence-electron chi connectivity index (χ4n) is 4.34. The maximum Gasteiger partial charge on any atom is 0.00789 e. The van der Waals surface area contributed by atoms with Gasteiger partial charge in [0, 0.05) is 18.0 Å². The Balaban J connectivity index is 2.30. The van der Waals surface area contributed by atoms with E-state index in [4.69, 9.17) is 0 Å². The summed E-state index contributed by atoms with van der Waals surface area (Å²) in [5, 5.41) is 0. The molecule has 1 unspecified atom stereocenters. The summed E-state index contributed by atoms with van der Waals surface area (Å²) in [6.45, 7) is 16.9. The van der Waals surface area contributed by atoms with Crippen LogP contribution in [-0.4, -0.2) is 24.0 Å². The maximum atomic E-state index is 2.69. The SMILES string of the molecule is CC(C)C1=C(C(C)C)C2(CC1)CCN(C(C)C)C2. The molecular formula is C17H31N. The van der Waals surface area contributed by atoms with Crippen LogP contribution >= 0.6 is 0 Å². The van der Waals surface area contributed by atoms with Gasteiger partial charge in [0.25, 0.3) is 0 Å². The summed E-state index contributed by atoms with van der Waals surface area (Å²) >= 11 is 0. The summed E-state index contributed by atoms with van der Waals surface area (Å²) in [5.74, 6) is 1.48. The quantitative estimate of drug-likeness (QED) is 0.666. The molecule has 0 aromatic carbocycles. The molecule has 1 heterocycles. The molecule has 18 heavy (non-hydrogen) atoms. The molecule has 2 aliphatic rings. The lowest BCUT2D eigenvalue weighted by Gasteiger charge is -2.32. The van der Waals surface area contributed by atoms with Gasteiger partial charge >= 0.3 is 0 Å². The molecule has 1 nitrogen and oxygen atoms in total. The van der Waals surface area contributed by atoms with Crippen molar-refractivity contribution in [3.63, 3.8) is 0 Å². The number of hydrogen-bond donors (Lipinski definition) is 0. The van der Waals surface area contributed by atoms with Crippen molar-refractivity contribution < 1.29 is 0 Å². The summed E-state index contributed by atoms with van der Waals surface area (Å²) in [6.07, 6.45) is 4.17. The Morgan fingerprint density at radius 3 is 2.06 bits per heavy atom. The minimum Gasteiger partial charge on any atom is -0.300 e. The van der Waals surface area contributed by atoms with Crippen LogP contribution in [0.4, 0.5) is 0 Å². The van der Waals surface area contributed by atoms with E-state index in [-0.39, 0.29) is 0 Å². The molecule has 1 saturated heterocycles. The maximum absolute atomic E-state index is 2.69. The zero-order valence-electron chi connectivity index (χ0n) is 13.2. The van der Waals surface area contributed by atoms with Gasteiger partial charge in [-0.15, -0.1) is 0 Å². The minimum atomic E-state index is 0.540. The van der Waals surface area contributed by atoms with Gasteiger partial charge in [0.1, 0.15) is 0 Å². The average Bonchev–Trinajstić information content (AvgIpc) is 2.84. The van der Waals surface area contributed by atoms with E-state index in [1.165, 1.54) is 32.4 Å². The van der Waals surface area contributed by atoms with Gasteiger partial charge in [-0.1, -0.05) is 38.8 Å². The third kappa shape index (κ3) is 2.27. The lowest BCUT2D eigenvalue weighted by Crippen LogP contribution is -2.33. The molecule has 1 atom stereocenters. The van der Waals surface area contributed by atoms with Gasteiger partial charge < -0.3 is 4.90 Å². The van der Waals surface area contributed by atoms with Crippen LogP contribution in [0.3, 0.4) is 0 Å². The van der Waals surface area contributed by atoms with E-state index in [1.54, 1.807) is 5.57 Å². The van der Waals surface area contributed by atoms with Crippen LogP contribution in [0.2, 0.25) is 0 Å². The molecule has 0 amide bonds. The first-order chi connectivity index (χ1) is 8.37. The Bertz CT molecular complexity index is 338. The average molecular weight is 249 g/mol. The molecule has 1 fully saturated rings. The molecule has 2 rings (SSSR count). The van der Waals surface area contributed by atoms with Gasteiger partial charge in [-0.05, 0) is 51.5 Å². The van der Waals surface area contributed by atoms with Crippen molar-refractivity contribution in [1.29, 1.82) is 0 Å². The molecule has 0 bridgehead atoms. The van der Waals surface area contributed by atoms with Crippen molar-refractivity contribution in [2.45, 2.75) is 66.8 Å². The molecule has 0 saturated carbocycles. The second kappa shape index (κ2) is 5.00. The van der Waals surface area contributed by atoms with E-state index >= 15 is 0 Å². The lowest BCUT2D eigenvalue weighted by molar-refractivity contribution is 0.236. The number of nitrogens with zero attached hydrogens (tertiary/aromatic N) is 1. The van der Waals surface area contributed by atoms with Crippen molar-refractivity contribution in [1.82, 2.24) is 4.90 Å². The number of allylic oxidation sites excluding steroid dienone is 1. The summed E-state index contributed by atoms with van der Waals surface area (Å²) in [4.78, 5) is 2.69. The zero-order valence-corrected chi connectivity index (χ0v) is 13.2. The number of rotatable bonds is 3. The third-order valence-corrected chi connectivity index (χ3v) is 5.18. The first-order valence-corrected chi connectivity index (χ1v) is 7.85. The standard InChI is InChI=1S/C17H31N/c1-12(2)15-7-8-17(16(15)13(3)4)9-10-18(11-17)14(5)6/h12-14H,7-11H2,1-6H3. The van der Waals surface area contributed by atoms with E-state index in [2.05, 4.69) is 46.4 Å². The second-order valence-electron chi connectivity index (χ2n) is 7.34. The molecule has 0 aromatic heterocycles. The molecule has 104 valence electrons. The Morgan fingerprint density at radius 1 is 0.944 bits per heavy atom. The Hall–Kier alpha value is -0.300. The first kappa shape index (κ1) is 14.1. The largest absolute Gasteiger partial charge is 0.300 e. The van der Waals surface area contributed by atoms with Crippen LogP contribution in [0.5, 0.6) is 0 Å². The molecule has 1 heteroatoms. The van der Waals surface area contributed by atoms with E-state index in [0.717, 1.165) is 11.8 Å². The van der Waals surface area contributed by atoms with Gasteiger partial charge in [0.15, 0.2) is 0 Å². The molecule has 1 aliphatic heterocycles. The van der Waals surface area contributed by atoms with Crippen LogP contribution in [-0.2, 0) is 0 Å². The van der Waals surface area contributed by atoms with Gasteiger partial charge in [-0.3, -0.25) is 0 Å². The normalized spacial score (nSPS) is 29.8. The third-order valence-electron chi connectivity index (χ3n) is 5.18. The van der Waals surface area contributed by atoms with E-state index < -0.39 is 0 Å².